The number of benzene rings is 2. The smallest absolute Gasteiger partial charge is 0.230 e. The molecule has 0 bridgehead atoms. The zero-order valence-electron chi connectivity index (χ0n) is 15.3. The highest BCUT2D eigenvalue weighted by molar-refractivity contribution is 5.97. The van der Waals surface area contributed by atoms with Gasteiger partial charge < -0.3 is 10.4 Å². The van der Waals surface area contributed by atoms with E-state index in [4.69, 9.17) is 0 Å². The Labute approximate surface area is 159 Å². The summed E-state index contributed by atoms with van der Waals surface area (Å²) in [4.78, 5) is 17.8. The first-order valence-electron chi connectivity index (χ1n) is 9.59. The molecule has 1 aromatic heterocycles. The molecule has 0 atom stereocenters. The van der Waals surface area contributed by atoms with E-state index >= 15 is 0 Å². The highest BCUT2D eigenvalue weighted by atomic mass is 16.3. The van der Waals surface area contributed by atoms with Crippen molar-refractivity contribution in [1.82, 2.24) is 4.98 Å². The first-order valence-corrected chi connectivity index (χ1v) is 9.59. The summed E-state index contributed by atoms with van der Waals surface area (Å²) in [6.07, 6.45) is 7.20. The Morgan fingerprint density at radius 3 is 2.59 bits per heavy atom. The number of fused-ring (bicyclic) bond motifs is 1. The van der Waals surface area contributed by atoms with Crippen molar-refractivity contribution in [2.24, 2.45) is 5.41 Å². The number of carbonyl (C=O) groups is 1. The van der Waals surface area contributed by atoms with Crippen molar-refractivity contribution in [2.45, 2.75) is 38.5 Å². The summed E-state index contributed by atoms with van der Waals surface area (Å²) >= 11 is 0. The van der Waals surface area contributed by atoms with Gasteiger partial charge in [0.1, 0.15) is 5.75 Å². The van der Waals surface area contributed by atoms with Crippen LogP contribution in [-0.2, 0) is 11.2 Å². The number of carbonyl (C=O) groups excluding carboxylic acids is 1. The molecule has 4 rings (SSSR count). The van der Waals surface area contributed by atoms with Gasteiger partial charge in [-0.2, -0.15) is 0 Å². The van der Waals surface area contributed by atoms with E-state index in [0.29, 0.717) is 6.42 Å². The highest BCUT2D eigenvalue weighted by Crippen LogP contribution is 2.41. The third-order valence-electron chi connectivity index (χ3n) is 5.66. The van der Waals surface area contributed by atoms with Crippen molar-refractivity contribution in [3.05, 3.63) is 66.4 Å². The molecule has 2 aromatic carbocycles. The molecule has 1 aliphatic rings. The maximum atomic E-state index is 13.3. The maximum Gasteiger partial charge on any atom is 0.230 e. The minimum absolute atomic E-state index is 0.0301. The molecule has 27 heavy (non-hydrogen) atoms. The number of nitrogens with zero attached hydrogens (tertiary/aromatic N) is 1. The van der Waals surface area contributed by atoms with Crippen LogP contribution in [0.5, 0.6) is 5.75 Å². The first kappa shape index (κ1) is 17.5. The summed E-state index contributed by atoms with van der Waals surface area (Å²) in [5.41, 5.74) is 1.99. The standard InChI is InChI=1S/C23H24N2O2/c26-21-11-5-3-9-18(21)15-23(12-6-1-7-13-23)22(27)25-19-14-17-8-2-4-10-20(17)24-16-19/h2-5,8-11,14,16,26H,1,6-7,12-13,15H2,(H,25,27). The molecule has 0 aliphatic heterocycles. The average Bonchev–Trinajstić information content (AvgIpc) is 2.70. The van der Waals surface area contributed by atoms with Crippen molar-refractivity contribution in [3.63, 3.8) is 0 Å². The lowest BCUT2D eigenvalue weighted by atomic mass is 9.69. The molecule has 1 amide bonds. The van der Waals surface area contributed by atoms with Crippen molar-refractivity contribution in [3.8, 4) is 5.75 Å². The van der Waals surface area contributed by atoms with Gasteiger partial charge in [0.15, 0.2) is 0 Å². The summed E-state index contributed by atoms with van der Waals surface area (Å²) in [6, 6.07) is 17.2. The van der Waals surface area contributed by atoms with E-state index in [0.717, 1.165) is 54.3 Å². The summed E-state index contributed by atoms with van der Waals surface area (Å²) in [7, 11) is 0. The lowest BCUT2D eigenvalue weighted by molar-refractivity contribution is -0.127. The molecule has 4 nitrogen and oxygen atoms in total. The molecular formula is C23H24N2O2. The lowest BCUT2D eigenvalue weighted by Gasteiger charge is -2.36. The van der Waals surface area contributed by atoms with E-state index in [2.05, 4.69) is 10.3 Å². The van der Waals surface area contributed by atoms with E-state index in [-0.39, 0.29) is 11.7 Å². The second kappa shape index (κ2) is 7.39. The van der Waals surface area contributed by atoms with Gasteiger partial charge in [-0.1, -0.05) is 55.7 Å². The molecule has 3 aromatic rings. The van der Waals surface area contributed by atoms with E-state index in [9.17, 15) is 9.90 Å². The molecule has 138 valence electrons. The number of aromatic nitrogens is 1. The van der Waals surface area contributed by atoms with Gasteiger partial charge in [0, 0.05) is 5.39 Å². The fraction of sp³-hybridized carbons (Fsp3) is 0.304. The van der Waals surface area contributed by atoms with Gasteiger partial charge in [0.2, 0.25) is 5.91 Å². The predicted molar refractivity (Wildman–Crippen MR) is 108 cm³/mol. The van der Waals surface area contributed by atoms with Crippen molar-refractivity contribution < 1.29 is 9.90 Å². The molecular weight excluding hydrogens is 336 g/mol. The normalized spacial score (nSPS) is 16.1. The fourth-order valence-electron chi connectivity index (χ4n) is 4.14. The molecule has 4 heteroatoms. The summed E-state index contributed by atoms with van der Waals surface area (Å²) in [5.74, 6) is 0.296. The van der Waals surface area contributed by atoms with Crippen LogP contribution in [0.4, 0.5) is 5.69 Å². The molecule has 2 N–H and O–H groups in total. The molecule has 0 spiro atoms. The Bertz CT molecular complexity index is 961. The number of anilines is 1. The number of amides is 1. The number of hydrogen-bond donors (Lipinski definition) is 2. The Kier molecular flexibility index (Phi) is 4.80. The van der Waals surface area contributed by atoms with E-state index in [1.165, 1.54) is 0 Å². The zero-order valence-corrected chi connectivity index (χ0v) is 15.3. The second-order valence-corrected chi connectivity index (χ2v) is 7.52. The van der Waals surface area contributed by atoms with Crippen LogP contribution in [-0.4, -0.2) is 16.0 Å². The molecule has 1 saturated carbocycles. The predicted octanol–water partition coefficient (Wildman–Crippen LogP) is 5.07. The fourth-order valence-corrected chi connectivity index (χ4v) is 4.14. The van der Waals surface area contributed by atoms with Gasteiger partial charge in [0.05, 0.1) is 22.8 Å². The molecule has 1 aliphatic carbocycles. The summed E-state index contributed by atoms with van der Waals surface area (Å²) in [6.45, 7) is 0. The van der Waals surface area contributed by atoms with Gasteiger partial charge >= 0.3 is 0 Å². The summed E-state index contributed by atoms with van der Waals surface area (Å²) in [5, 5.41) is 14.3. The van der Waals surface area contributed by atoms with Crippen LogP contribution < -0.4 is 5.32 Å². The Hall–Kier alpha value is -2.88. The third kappa shape index (κ3) is 3.65. The molecule has 1 heterocycles. The van der Waals surface area contributed by atoms with Crippen LogP contribution in [0.1, 0.15) is 37.7 Å². The molecule has 0 saturated heterocycles. The van der Waals surface area contributed by atoms with Gasteiger partial charge in [-0.05, 0) is 43.0 Å². The number of phenolic OH excluding ortho intramolecular Hbond substituents is 1. The third-order valence-corrected chi connectivity index (χ3v) is 5.66. The maximum absolute atomic E-state index is 13.3. The number of para-hydroxylation sites is 2. The van der Waals surface area contributed by atoms with Gasteiger partial charge in [-0.15, -0.1) is 0 Å². The number of hydrogen-bond acceptors (Lipinski definition) is 3. The van der Waals surface area contributed by atoms with Crippen molar-refractivity contribution in [1.29, 1.82) is 0 Å². The van der Waals surface area contributed by atoms with Crippen LogP contribution in [0, 0.1) is 5.41 Å². The Morgan fingerprint density at radius 2 is 1.78 bits per heavy atom. The van der Waals surface area contributed by atoms with E-state index < -0.39 is 5.41 Å². The summed E-state index contributed by atoms with van der Waals surface area (Å²) < 4.78 is 0. The van der Waals surface area contributed by atoms with Gasteiger partial charge in [-0.3, -0.25) is 9.78 Å². The lowest BCUT2D eigenvalue weighted by Crippen LogP contribution is -2.40. The van der Waals surface area contributed by atoms with Crippen LogP contribution in [0.15, 0.2) is 60.8 Å². The van der Waals surface area contributed by atoms with Gasteiger partial charge in [0.25, 0.3) is 0 Å². The van der Waals surface area contributed by atoms with Crippen LogP contribution in [0.25, 0.3) is 10.9 Å². The highest BCUT2D eigenvalue weighted by Gasteiger charge is 2.40. The Balaban J connectivity index is 1.61. The number of pyridine rings is 1. The first-order chi connectivity index (χ1) is 13.2. The molecule has 1 fully saturated rings. The van der Waals surface area contributed by atoms with Crippen molar-refractivity contribution >= 4 is 22.5 Å². The average molecular weight is 360 g/mol. The number of nitrogens with one attached hydrogen (secondary N) is 1. The number of rotatable bonds is 4. The van der Waals surface area contributed by atoms with Crippen molar-refractivity contribution in [2.75, 3.05) is 5.32 Å². The van der Waals surface area contributed by atoms with E-state index in [1.807, 2.05) is 48.5 Å². The van der Waals surface area contributed by atoms with Gasteiger partial charge in [-0.25, -0.2) is 0 Å². The molecule has 0 radical (unpaired) electrons. The minimum atomic E-state index is -0.483. The van der Waals surface area contributed by atoms with E-state index in [1.54, 1.807) is 12.3 Å². The van der Waals surface area contributed by atoms with Crippen LogP contribution in [0.3, 0.4) is 0 Å². The number of phenols is 1. The van der Waals surface area contributed by atoms with Crippen LogP contribution in [0.2, 0.25) is 0 Å². The number of aromatic hydroxyl groups is 1. The Morgan fingerprint density at radius 1 is 1.04 bits per heavy atom. The quantitative estimate of drug-likeness (QED) is 0.682. The van der Waals surface area contributed by atoms with Crippen LogP contribution >= 0.6 is 0 Å². The SMILES string of the molecule is O=C(Nc1cnc2ccccc2c1)C1(Cc2ccccc2O)CCCCC1. The minimum Gasteiger partial charge on any atom is -0.508 e. The topological polar surface area (TPSA) is 62.2 Å². The zero-order chi connectivity index (χ0) is 18.7. The second-order valence-electron chi connectivity index (χ2n) is 7.52. The largest absolute Gasteiger partial charge is 0.508 e. The molecule has 0 unspecified atom stereocenters. The monoisotopic (exact) mass is 360 g/mol.